The molecule has 0 aromatic heterocycles. The molecule has 1 aliphatic carbocycles. The van der Waals surface area contributed by atoms with Gasteiger partial charge in [-0.1, -0.05) is 19.3 Å². The number of nitrogens with one attached hydrogen (secondary N) is 2. The Bertz CT molecular complexity index is 206. The Morgan fingerprint density at radius 3 is 1.36 bits per heavy atom. The van der Waals surface area contributed by atoms with E-state index in [1.165, 1.54) is 0 Å². The van der Waals surface area contributed by atoms with Crippen LogP contribution in [0.2, 0.25) is 0 Å². The maximum Gasteiger partial charge on any atom is 2.00 e. The fraction of sp³-hybridized carbons (Fsp3) is 1.00. The van der Waals surface area contributed by atoms with Gasteiger partial charge >= 0.3 is 31.5 Å². The molecule has 2 unspecified atom stereocenters. The van der Waals surface area contributed by atoms with Gasteiger partial charge in [0.25, 0.3) is 0 Å². The van der Waals surface area contributed by atoms with E-state index in [1.54, 1.807) is 0 Å². The summed E-state index contributed by atoms with van der Waals surface area (Å²) in [5.74, 6) is 0. The summed E-state index contributed by atoms with van der Waals surface area (Å²) in [6.45, 7) is 0. The van der Waals surface area contributed by atoms with Crippen molar-refractivity contribution in [3.05, 3.63) is 11.5 Å². The summed E-state index contributed by atoms with van der Waals surface area (Å²) in [4.78, 5) is 0. The zero-order valence-electron chi connectivity index (χ0n) is 7.21. The number of rotatable bonds is 0. The van der Waals surface area contributed by atoms with Crippen molar-refractivity contribution in [2.75, 3.05) is 0 Å². The molecule has 0 aromatic rings. The van der Waals surface area contributed by atoms with Crippen molar-refractivity contribution < 1.29 is 44.1 Å². The minimum atomic E-state index is -4.67. The zero-order chi connectivity index (χ0) is 9.78. The number of hydrogen-bond acceptors (Lipinski definition) is 2. The maximum absolute atomic E-state index is 8.74. The Morgan fingerprint density at radius 2 is 1.29 bits per heavy atom. The smallest absolute Gasteiger partial charge is 0.676 e. The van der Waals surface area contributed by atoms with Crippen molar-refractivity contribution >= 4 is 10.4 Å². The van der Waals surface area contributed by atoms with Crippen LogP contribution in [-0.4, -0.2) is 35.1 Å². The Morgan fingerprint density at radius 1 is 1.07 bits per heavy atom. The minimum absolute atomic E-state index is 0. The summed E-state index contributed by atoms with van der Waals surface area (Å²) in [6.07, 6.45) is 3.00. The van der Waals surface area contributed by atoms with Gasteiger partial charge in [-0.2, -0.15) is 20.5 Å². The van der Waals surface area contributed by atoms with Crippen LogP contribution in [0.5, 0.6) is 0 Å². The molecule has 0 heterocycles. The van der Waals surface area contributed by atoms with Gasteiger partial charge in [-0.15, -0.1) is 0 Å². The van der Waals surface area contributed by atoms with Crippen LogP contribution in [0.15, 0.2) is 0 Å². The second kappa shape index (κ2) is 8.72. The summed E-state index contributed by atoms with van der Waals surface area (Å²) in [5.41, 5.74) is 14.3. The molecule has 9 heteroatoms. The normalized spacial score (nSPS) is 25.1. The molecule has 1 aliphatic rings. The van der Waals surface area contributed by atoms with Gasteiger partial charge in [-0.05, 0) is 0 Å². The largest absolute Gasteiger partial charge is 2.00 e. The van der Waals surface area contributed by atoms with Gasteiger partial charge in [0.2, 0.25) is 0 Å². The first kappa shape index (κ1) is 19.9. The van der Waals surface area contributed by atoms with Gasteiger partial charge in [0.15, 0.2) is 0 Å². The van der Waals surface area contributed by atoms with Crippen molar-refractivity contribution in [3.63, 3.8) is 0 Å². The second-order valence-corrected chi connectivity index (χ2v) is 3.49. The van der Waals surface area contributed by atoms with E-state index in [-0.39, 0.29) is 38.6 Å². The average Bonchev–Trinajstić information content (AvgIpc) is 2.12. The van der Waals surface area contributed by atoms with Gasteiger partial charge in [-0.25, -0.2) is 0 Å². The standard InChI is InChI=1S/C5H10N2.H2O4S.H2O.Pt/c6-4-2-1-3-5(4)7;1-5(2,3)4;;/h4-7H,1-3H2;(H2,1,2,3,4);1H2;/q-2;;;+2. The molecular formula is C5H14N2O5PtS. The third kappa shape index (κ3) is 14.9. The van der Waals surface area contributed by atoms with E-state index in [1.807, 2.05) is 0 Å². The third-order valence-corrected chi connectivity index (χ3v) is 1.52. The Hall–Kier alpha value is 0.438. The van der Waals surface area contributed by atoms with Crippen molar-refractivity contribution in [3.8, 4) is 0 Å². The molecule has 90 valence electrons. The molecule has 0 aliphatic heterocycles. The van der Waals surface area contributed by atoms with Gasteiger partial charge in [0, 0.05) is 0 Å². The SMILES string of the molecule is O.O=S(=O)(O)O.[NH-]C1CCCC1[NH-].[Pt+2]. The molecule has 7 nitrogen and oxygen atoms in total. The first-order valence-corrected chi connectivity index (χ1v) is 4.82. The van der Waals surface area contributed by atoms with Crippen LogP contribution in [0.1, 0.15) is 19.3 Å². The summed E-state index contributed by atoms with van der Waals surface area (Å²) >= 11 is 0. The van der Waals surface area contributed by atoms with Crippen LogP contribution < -0.4 is 0 Å². The van der Waals surface area contributed by atoms with E-state index < -0.39 is 10.4 Å². The molecule has 6 N–H and O–H groups in total. The first-order valence-electron chi connectivity index (χ1n) is 3.43. The Balaban J connectivity index is -0.000000159. The summed E-state index contributed by atoms with van der Waals surface area (Å²) in [6, 6.07) is -0.139. The quantitative estimate of drug-likeness (QED) is 0.560. The Kier molecular flexibility index (Phi) is 12.4. The van der Waals surface area contributed by atoms with Gasteiger partial charge in [0.1, 0.15) is 0 Å². The predicted octanol–water partition coefficient (Wildman–Crippen LogP) is 0.532. The third-order valence-electron chi connectivity index (χ3n) is 1.52. The molecule has 0 aromatic carbocycles. The van der Waals surface area contributed by atoms with E-state index >= 15 is 0 Å². The second-order valence-electron chi connectivity index (χ2n) is 2.59. The van der Waals surface area contributed by atoms with Gasteiger partial charge in [-0.3, -0.25) is 9.11 Å². The summed E-state index contributed by atoms with van der Waals surface area (Å²) in [5, 5.41) is 0. The molecule has 14 heavy (non-hydrogen) atoms. The van der Waals surface area contributed by atoms with Crippen molar-refractivity contribution in [2.45, 2.75) is 31.3 Å². The van der Waals surface area contributed by atoms with Crippen LogP contribution in [0.4, 0.5) is 0 Å². The van der Waals surface area contributed by atoms with Crippen molar-refractivity contribution in [2.24, 2.45) is 0 Å². The minimum Gasteiger partial charge on any atom is -0.676 e. The molecule has 0 amide bonds. The molecular weight excluding hydrogens is 395 g/mol. The fourth-order valence-electron chi connectivity index (χ4n) is 0.960. The van der Waals surface area contributed by atoms with Crippen molar-refractivity contribution in [1.29, 1.82) is 0 Å². The average molecular weight is 409 g/mol. The van der Waals surface area contributed by atoms with Gasteiger partial charge in [0.05, 0.1) is 0 Å². The van der Waals surface area contributed by atoms with Gasteiger partial charge < -0.3 is 16.9 Å². The van der Waals surface area contributed by atoms with Crippen LogP contribution in [0.3, 0.4) is 0 Å². The van der Waals surface area contributed by atoms with Crippen LogP contribution in [0.25, 0.3) is 11.5 Å². The molecule has 1 rings (SSSR count). The van der Waals surface area contributed by atoms with Crippen molar-refractivity contribution in [1.82, 2.24) is 0 Å². The van der Waals surface area contributed by atoms with E-state index in [9.17, 15) is 0 Å². The molecule has 0 spiro atoms. The molecule has 1 fully saturated rings. The number of hydrogen-bond donors (Lipinski definition) is 2. The summed E-state index contributed by atoms with van der Waals surface area (Å²) in [7, 11) is -4.67. The maximum atomic E-state index is 8.74. The first-order chi connectivity index (χ1) is 5.30. The monoisotopic (exact) mass is 409 g/mol. The van der Waals surface area contributed by atoms with E-state index in [2.05, 4.69) is 0 Å². The van der Waals surface area contributed by atoms with Crippen LogP contribution >= 0.6 is 0 Å². The summed E-state index contributed by atoms with van der Waals surface area (Å²) < 4.78 is 31.6. The van der Waals surface area contributed by atoms with Crippen LogP contribution in [0, 0.1) is 0 Å². The molecule has 0 saturated heterocycles. The molecule has 2 atom stereocenters. The van der Waals surface area contributed by atoms with E-state index in [0.29, 0.717) is 0 Å². The Labute approximate surface area is 97.4 Å². The van der Waals surface area contributed by atoms with Crippen LogP contribution in [-0.2, 0) is 31.5 Å². The van der Waals surface area contributed by atoms with E-state index in [0.717, 1.165) is 19.3 Å². The predicted molar refractivity (Wildman–Crippen MR) is 47.9 cm³/mol. The topological polar surface area (TPSA) is 154 Å². The fourth-order valence-corrected chi connectivity index (χ4v) is 0.960. The molecule has 0 radical (unpaired) electrons. The molecule has 1 saturated carbocycles. The zero-order valence-corrected chi connectivity index (χ0v) is 10.3. The van der Waals surface area contributed by atoms with E-state index in [4.69, 9.17) is 29.0 Å². The molecule has 0 bridgehead atoms.